The molecule has 5 heteroatoms. The van der Waals surface area contributed by atoms with Crippen molar-refractivity contribution in [3.8, 4) is 0 Å². The fraction of sp³-hybridized carbons (Fsp3) is 0.842. The van der Waals surface area contributed by atoms with Gasteiger partial charge < -0.3 is 0 Å². The fourth-order valence-electron chi connectivity index (χ4n) is 3.81. The van der Waals surface area contributed by atoms with Crippen molar-refractivity contribution in [1.29, 1.82) is 0 Å². The minimum Gasteiger partial charge on any atom is -0.299 e. The number of Topliss-reactive ketones (excluding diaryl/α,β-unsaturated/α-hetero) is 1. The number of hydrogen-bond donors (Lipinski definition) is 0. The number of hydrogen-bond acceptors (Lipinski definition) is 4. The van der Waals surface area contributed by atoms with Crippen LogP contribution in [0.25, 0.3) is 0 Å². The van der Waals surface area contributed by atoms with Crippen LogP contribution in [0.5, 0.6) is 0 Å². The van der Waals surface area contributed by atoms with Crippen molar-refractivity contribution in [2.24, 2.45) is 17.8 Å². The molecule has 24 heavy (non-hydrogen) atoms. The largest absolute Gasteiger partial charge is 0.299 e. The topological polar surface area (TPSA) is 54.5 Å². The number of carbonyl (C=O) groups is 3. The average Bonchev–Trinajstić information content (AvgIpc) is 2.72. The van der Waals surface area contributed by atoms with Gasteiger partial charge in [-0.15, -0.1) is 11.8 Å². The second-order valence-electron chi connectivity index (χ2n) is 7.53. The smallest absolute Gasteiger partial charge is 0.242 e. The number of rotatable bonds is 7. The Morgan fingerprint density at radius 2 is 1.96 bits per heavy atom. The van der Waals surface area contributed by atoms with E-state index >= 15 is 0 Å². The zero-order chi connectivity index (χ0) is 17.7. The Balaban J connectivity index is 1.88. The Bertz CT molecular complexity index is 477. The minimum absolute atomic E-state index is 0.00680. The first-order chi connectivity index (χ1) is 11.4. The average molecular weight is 354 g/mol. The van der Waals surface area contributed by atoms with Crippen LogP contribution in [-0.2, 0) is 14.4 Å². The third-order valence-corrected chi connectivity index (χ3v) is 6.64. The van der Waals surface area contributed by atoms with Gasteiger partial charge in [0.1, 0.15) is 5.78 Å². The third-order valence-electron chi connectivity index (χ3n) is 5.23. The normalized spacial score (nSPS) is 28.5. The molecule has 3 atom stereocenters. The summed E-state index contributed by atoms with van der Waals surface area (Å²) in [5.74, 6) is 1.94. The molecule has 2 aliphatic rings. The van der Waals surface area contributed by atoms with Crippen molar-refractivity contribution in [3.05, 3.63) is 0 Å². The van der Waals surface area contributed by atoms with E-state index in [9.17, 15) is 14.4 Å². The lowest BCUT2D eigenvalue weighted by Crippen LogP contribution is -2.35. The highest BCUT2D eigenvalue weighted by atomic mass is 32.2. The van der Waals surface area contributed by atoms with Gasteiger partial charge >= 0.3 is 0 Å². The standard InChI is InChI=1S/C19H31NO3S/c1-4-10-24-16-11-17(21)20(19(16)23)12-14-6-5-7-15(9-8-14)18(22)13(2)3/h13-16H,4-12H2,1-3H3. The summed E-state index contributed by atoms with van der Waals surface area (Å²) in [5.41, 5.74) is 0. The van der Waals surface area contributed by atoms with Gasteiger partial charge in [-0.1, -0.05) is 27.2 Å². The zero-order valence-corrected chi connectivity index (χ0v) is 16.1. The maximum absolute atomic E-state index is 12.5. The maximum atomic E-state index is 12.5. The molecule has 2 fully saturated rings. The molecule has 0 N–H and O–H groups in total. The van der Waals surface area contributed by atoms with E-state index in [-0.39, 0.29) is 28.9 Å². The summed E-state index contributed by atoms with van der Waals surface area (Å²) in [7, 11) is 0. The molecule has 1 aliphatic heterocycles. The highest BCUT2D eigenvalue weighted by molar-refractivity contribution is 8.00. The zero-order valence-electron chi connectivity index (χ0n) is 15.3. The first-order valence-corrected chi connectivity index (χ1v) is 10.5. The van der Waals surface area contributed by atoms with Crippen LogP contribution in [0.15, 0.2) is 0 Å². The van der Waals surface area contributed by atoms with Crippen LogP contribution in [0.4, 0.5) is 0 Å². The summed E-state index contributed by atoms with van der Waals surface area (Å²) >= 11 is 1.62. The Kier molecular flexibility index (Phi) is 7.33. The van der Waals surface area contributed by atoms with E-state index in [0.29, 0.717) is 24.7 Å². The van der Waals surface area contributed by atoms with Gasteiger partial charge in [0.2, 0.25) is 11.8 Å². The summed E-state index contributed by atoms with van der Waals surface area (Å²) in [4.78, 5) is 38.4. The molecule has 2 amide bonds. The van der Waals surface area contributed by atoms with Gasteiger partial charge in [-0.3, -0.25) is 19.3 Å². The molecule has 1 heterocycles. The summed E-state index contributed by atoms with van der Waals surface area (Å²) in [6.07, 6.45) is 6.26. The van der Waals surface area contributed by atoms with Crippen molar-refractivity contribution in [2.75, 3.05) is 12.3 Å². The van der Waals surface area contributed by atoms with Crippen molar-refractivity contribution < 1.29 is 14.4 Å². The van der Waals surface area contributed by atoms with Crippen LogP contribution in [0.3, 0.4) is 0 Å². The molecular weight excluding hydrogens is 322 g/mol. The van der Waals surface area contributed by atoms with E-state index in [1.165, 1.54) is 4.90 Å². The summed E-state index contributed by atoms with van der Waals surface area (Å²) < 4.78 is 0. The predicted molar refractivity (Wildman–Crippen MR) is 97.8 cm³/mol. The van der Waals surface area contributed by atoms with E-state index in [0.717, 1.165) is 44.3 Å². The summed E-state index contributed by atoms with van der Waals surface area (Å²) in [6, 6.07) is 0. The SMILES string of the molecule is CCCSC1CC(=O)N(CC2CCCC(C(=O)C(C)C)CC2)C1=O. The van der Waals surface area contributed by atoms with Gasteiger partial charge in [0, 0.05) is 24.8 Å². The molecule has 4 nitrogen and oxygen atoms in total. The summed E-state index contributed by atoms with van der Waals surface area (Å²) in [6.45, 7) is 6.59. The van der Waals surface area contributed by atoms with Crippen molar-refractivity contribution in [3.63, 3.8) is 0 Å². The van der Waals surface area contributed by atoms with Gasteiger partial charge in [-0.2, -0.15) is 0 Å². The Labute approximate surface area is 150 Å². The number of likely N-dealkylation sites (tertiary alicyclic amines) is 1. The molecule has 0 spiro atoms. The maximum Gasteiger partial charge on any atom is 0.242 e. The molecule has 0 aromatic heterocycles. The Hall–Kier alpha value is -0.840. The number of carbonyl (C=O) groups excluding carboxylic acids is 3. The van der Waals surface area contributed by atoms with Crippen LogP contribution in [0.1, 0.15) is 65.7 Å². The van der Waals surface area contributed by atoms with E-state index in [4.69, 9.17) is 0 Å². The van der Waals surface area contributed by atoms with Crippen LogP contribution < -0.4 is 0 Å². The molecule has 3 unspecified atom stereocenters. The minimum atomic E-state index is -0.168. The molecule has 2 rings (SSSR count). The second kappa shape index (κ2) is 9.02. The molecule has 136 valence electrons. The Morgan fingerprint density at radius 1 is 1.21 bits per heavy atom. The second-order valence-corrected chi connectivity index (χ2v) is 8.85. The van der Waals surface area contributed by atoms with Gasteiger partial charge in [0.05, 0.1) is 5.25 Å². The van der Waals surface area contributed by atoms with E-state index in [1.807, 2.05) is 13.8 Å². The molecule has 0 aromatic rings. The first kappa shape index (κ1) is 19.5. The lowest BCUT2D eigenvalue weighted by atomic mass is 9.89. The van der Waals surface area contributed by atoms with Crippen molar-refractivity contribution in [1.82, 2.24) is 4.90 Å². The number of thioether (sulfide) groups is 1. The van der Waals surface area contributed by atoms with Crippen LogP contribution >= 0.6 is 11.8 Å². The quantitative estimate of drug-likeness (QED) is 0.517. The molecule has 0 bridgehead atoms. The number of ketones is 1. The molecule has 1 saturated heterocycles. The predicted octanol–water partition coefficient (Wildman–Crippen LogP) is 3.68. The Morgan fingerprint density at radius 3 is 2.62 bits per heavy atom. The van der Waals surface area contributed by atoms with E-state index in [2.05, 4.69) is 6.92 Å². The van der Waals surface area contributed by atoms with Crippen LogP contribution in [-0.4, -0.2) is 40.0 Å². The summed E-state index contributed by atoms with van der Waals surface area (Å²) in [5, 5.41) is -0.168. The lowest BCUT2D eigenvalue weighted by Gasteiger charge is -2.22. The number of amides is 2. The first-order valence-electron chi connectivity index (χ1n) is 9.43. The molecule has 0 aromatic carbocycles. The fourth-order valence-corrected chi connectivity index (χ4v) is 4.86. The van der Waals surface area contributed by atoms with Gasteiger partial charge in [-0.25, -0.2) is 0 Å². The van der Waals surface area contributed by atoms with Crippen molar-refractivity contribution in [2.45, 2.75) is 71.0 Å². The molecule has 0 radical (unpaired) electrons. The number of imide groups is 1. The third kappa shape index (κ3) is 4.84. The van der Waals surface area contributed by atoms with Gasteiger partial charge in [0.25, 0.3) is 0 Å². The van der Waals surface area contributed by atoms with Gasteiger partial charge in [0.15, 0.2) is 0 Å². The highest BCUT2D eigenvalue weighted by Crippen LogP contribution is 2.32. The number of nitrogens with zero attached hydrogens (tertiary/aromatic N) is 1. The lowest BCUT2D eigenvalue weighted by molar-refractivity contribution is -0.139. The van der Waals surface area contributed by atoms with E-state index in [1.54, 1.807) is 11.8 Å². The molecule has 1 aliphatic carbocycles. The highest BCUT2D eigenvalue weighted by Gasteiger charge is 2.39. The van der Waals surface area contributed by atoms with Gasteiger partial charge in [-0.05, 0) is 43.8 Å². The van der Waals surface area contributed by atoms with Crippen LogP contribution in [0.2, 0.25) is 0 Å². The van der Waals surface area contributed by atoms with Crippen molar-refractivity contribution >= 4 is 29.4 Å². The molecule has 1 saturated carbocycles. The molecular formula is C19H31NO3S. The monoisotopic (exact) mass is 353 g/mol. The van der Waals surface area contributed by atoms with Crippen LogP contribution in [0, 0.1) is 17.8 Å². The van der Waals surface area contributed by atoms with E-state index < -0.39 is 0 Å².